The Labute approximate surface area is 179 Å². The molecule has 0 aromatic heterocycles. The fraction of sp³-hybridized carbons (Fsp3) is 0.381. The summed E-state index contributed by atoms with van der Waals surface area (Å²) in [7, 11) is -2.76. The van der Waals surface area contributed by atoms with Crippen LogP contribution in [-0.4, -0.2) is 21.4 Å². The summed E-state index contributed by atoms with van der Waals surface area (Å²) < 4.78 is 54.5. The fourth-order valence-electron chi connectivity index (χ4n) is 4.13. The molecule has 30 heavy (non-hydrogen) atoms. The second kappa shape index (κ2) is 8.99. The van der Waals surface area contributed by atoms with Crippen molar-refractivity contribution < 1.29 is 26.8 Å². The molecule has 0 aliphatic heterocycles. The number of nitrogens with one attached hydrogen (secondary N) is 1. The number of rotatable bonds is 6. The maximum absolute atomic E-state index is 14.8. The smallest absolute Gasteiger partial charge is 0.243 e. The second-order valence-corrected chi connectivity index (χ2v) is 10.1. The van der Waals surface area contributed by atoms with Crippen molar-refractivity contribution in [2.75, 3.05) is 7.11 Å². The maximum Gasteiger partial charge on any atom is 0.243 e. The molecule has 0 atom stereocenters. The first kappa shape index (κ1) is 22.7. The Bertz CT molecular complexity index is 1020. The Hall–Kier alpha value is -2.03. The van der Waals surface area contributed by atoms with Crippen molar-refractivity contribution in [3.05, 3.63) is 64.7 Å². The van der Waals surface area contributed by atoms with Gasteiger partial charge in [-0.3, -0.25) is 9.63 Å². The van der Waals surface area contributed by atoms with Gasteiger partial charge in [0, 0.05) is 17.0 Å². The highest BCUT2D eigenvalue weighted by Crippen LogP contribution is 2.49. The van der Waals surface area contributed by atoms with Gasteiger partial charge in [-0.25, -0.2) is 22.7 Å². The van der Waals surface area contributed by atoms with E-state index in [4.69, 9.17) is 11.6 Å². The molecule has 1 aliphatic carbocycles. The maximum atomic E-state index is 14.8. The lowest BCUT2D eigenvalue weighted by Gasteiger charge is -2.40. The minimum atomic E-state index is -4.09. The molecule has 162 valence electrons. The molecule has 0 radical (unpaired) electrons. The van der Waals surface area contributed by atoms with Crippen LogP contribution in [0.5, 0.6) is 0 Å². The summed E-state index contributed by atoms with van der Waals surface area (Å²) in [6.07, 6.45) is 1.00. The van der Waals surface area contributed by atoms with E-state index in [2.05, 4.69) is 10.3 Å². The SMILES string of the molecule is CONC(=O)C[C@H]1CC[C@@](c2cc(F)ccc2F)(S(=O)(=O)c2ccc(Cl)cc2)CC1. The van der Waals surface area contributed by atoms with Crippen molar-refractivity contribution in [1.82, 2.24) is 5.48 Å². The van der Waals surface area contributed by atoms with Crippen LogP contribution in [0.2, 0.25) is 5.02 Å². The molecule has 1 fully saturated rings. The van der Waals surface area contributed by atoms with Crippen LogP contribution in [0.15, 0.2) is 47.4 Å². The zero-order valence-electron chi connectivity index (χ0n) is 16.3. The van der Waals surface area contributed by atoms with E-state index < -0.39 is 26.2 Å². The van der Waals surface area contributed by atoms with Crippen molar-refractivity contribution in [3.8, 4) is 0 Å². The van der Waals surface area contributed by atoms with Crippen molar-refractivity contribution in [2.24, 2.45) is 5.92 Å². The number of hydrogen-bond donors (Lipinski definition) is 1. The van der Waals surface area contributed by atoms with Gasteiger partial charge in [0.15, 0.2) is 9.84 Å². The Kier molecular flexibility index (Phi) is 6.79. The third-order valence-electron chi connectivity index (χ3n) is 5.66. The van der Waals surface area contributed by atoms with E-state index in [1.165, 1.54) is 31.4 Å². The van der Waals surface area contributed by atoms with Crippen molar-refractivity contribution in [1.29, 1.82) is 0 Å². The molecule has 0 bridgehead atoms. The van der Waals surface area contributed by atoms with Gasteiger partial charge < -0.3 is 0 Å². The minimum absolute atomic E-state index is 0.00821. The highest BCUT2D eigenvalue weighted by molar-refractivity contribution is 7.92. The average Bonchev–Trinajstić information content (AvgIpc) is 2.71. The first-order chi connectivity index (χ1) is 14.2. The Morgan fingerprint density at radius 2 is 1.80 bits per heavy atom. The number of hydroxylamine groups is 1. The zero-order chi connectivity index (χ0) is 21.9. The topological polar surface area (TPSA) is 72.5 Å². The fourth-order valence-corrected chi connectivity index (χ4v) is 6.43. The minimum Gasteiger partial charge on any atom is -0.277 e. The molecule has 2 aromatic rings. The first-order valence-electron chi connectivity index (χ1n) is 9.47. The lowest BCUT2D eigenvalue weighted by Crippen LogP contribution is -2.41. The highest BCUT2D eigenvalue weighted by atomic mass is 35.5. The molecule has 0 spiro atoms. The summed E-state index contributed by atoms with van der Waals surface area (Å²) in [5, 5.41) is 0.368. The van der Waals surface area contributed by atoms with E-state index in [1.807, 2.05) is 0 Å². The molecule has 1 saturated carbocycles. The first-order valence-corrected chi connectivity index (χ1v) is 11.3. The summed E-state index contributed by atoms with van der Waals surface area (Å²) in [6.45, 7) is 0. The summed E-state index contributed by atoms with van der Waals surface area (Å²) >= 11 is 5.89. The van der Waals surface area contributed by atoms with Crippen LogP contribution in [-0.2, 0) is 24.2 Å². The predicted octanol–water partition coefficient (Wildman–Crippen LogP) is 4.55. The molecule has 5 nitrogen and oxygen atoms in total. The normalized spacial score (nSPS) is 21.9. The summed E-state index contributed by atoms with van der Waals surface area (Å²) in [4.78, 5) is 16.4. The largest absolute Gasteiger partial charge is 0.277 e. The average molecular weight is 458 g/mol. The molecule has 2 aromatic carbocycles. The van der Waals surface area contributed by atoms with Gasteiger partial charge in [-0.15, -0.1) is 0 Å². The lowest BCUT2D eigenvalue weighted by atomic mass is 9.76. The molecule has 0 unspecified atom stereocenters. The summed E-state index contributed by atoms with van der Waals surface area (Å²) in [5.74, 6) is -1.89. The number of halogens is 3. The molecule has 1 amide bonds. The molecule has 1 aliphatic rings. The summed E-state index contributed by atoms with van der Waals surface area (Å²) in [6, 6.07) is 8.50. The van der Waals surface area contributed by atoms with Crippen LogP contribution >= 0.6 is 11.6 Å². The Balaban J connectivity index is 2.02. The van der Waals surface area contributed by atoms with E-state index in [1.54, 1.807) is 0 Å². The molecular weight excluding hydrogens is 436 g/mol. The van der Waals surface area contributed by atoms with Crippen molar-refractivity contribution in [2.45, 2.75) is 41.7 Å². The van der Waals surface area contributed by atoms with Crippen LogP contribution in [0.4, 0.5) is 8.78 Å². The molecular formula is C21H22ClF2NO4S. The Morgan fingerprint density at radius 1 is 1.17 bits per heavy atom. The Morgan fingerprint density at radius 3 is 2.40 bits per heavy atom. The quantitative estimate of drug-likeness (QED) is 0.646. The number of amides is 1. The monoisotopic (exact) mass is 457 g/mol. The number of benzene rings is 2. The van der Waals surface area contributed by atoms with E-state index in [0.717, 1.165) is 18.2 Å². The van der Waals surface area contributed by atoms with E-state index in [9.17, 15) is 22.0 Å². The predicted molar refractivity (Wildman–Crippen MR) is 108 cm³/mol. The van der Waals surface area contributed by atoms with Gasteiger partial charge in [-0.1, -0.05) is 11.6 Å². The molecule has 0 saturated heterocycles. The summed E-state index contributed by atoms with van der Waals surface area (Å²) in [5.41, 5.74) is 2.06. The number of carbonyl (C=O) groups excluding carboxylic acids is 1. The van der Waals surface area contributed by atoms with Gasteiger partial charge in [0.1, 0.15) is 16.4 Å². The number of carbonyl (C=O) groups is 1. The third-order valence-corrected chi connectivity index (χ3v) is 8.46. The molecule has 1 N–H and O–H groups in total. The van der Waals surface area contributed by atoms with Gasteiger partial charge >= 0.3 is 0 Å². The van der Waals surface area contributed by atoms with Crippen LogP contribution < -0.4 is 5.48 Å². The lowest BCUT2D eigenvalue weighted by molar-refractivity contribution is -0.132. The molecule has 9 heteroatoms. The van der Waals surface area contributed by atoms with Crippen LogP contribution in [0.25, 0.3) is 0 Å². The third kappa shape index (κ3) is 4.36. The van der Waals surface area contributed by atoms with Crippen molar-refractivity contribution in [3.63, 3.8) is 0 Å². The van der Waals surface area contributed by atoms with E-state index in [-0.39, 0.29) is 41.5 Å². The van der Waals surface area contributed by atoms with Gasteiger partial charge in [0.25, 0.3) is 0 Å². The van der Waals surface area contributed by atoms with Gasteiger partial charge in [-0.2, -0.15) is 0 Å². The van der Waals surface area contributed by atoms with E-state index >= 15 is 0 Å². The van der Waals surface area contributed by atoms with Crippen LogP contribution in [0, 0.1) is 17.6 Å². The zero-order valence-corrected chi connectivity index (χ0v) is 17.9. The van der Waals surface area contributed by atoms with E-state index in [0.29, 0.717) is 17.9 Å². The van der Waals surface area contributed by atoms with Gasteiger partial charge in [0.2, 0.25) is 5.91 Å². The number of sulfone groups is 1. The second-order valence-electron chi connectivity index (χ2n) is 7.45. The van der Waals surface area contributed by atoms with Crippen LogP contribution in [0.3, 0.4) is 0 Å². The number of hydrogen-bond acceptors (Lipinski definition) is 4. The standard InChI is InChI=1S/C21H22ClF2NO4S/c1-29-25-20(26)12-14-8-10-21(11-9-14,18-13-16(23)4-7-19(18)24)30(27,28)17-5-2-15(22)3-6-17/h2-7,13-14H,8-12H2,1H3,(H,25,26)/t14-,21+. The molecule has 3 rings (SSSR count). The van der Waals surface area contributed by atoms with Crippen molar-refractivity contribution >= 4 is 27.3 Å². The molecule has 0 heterocycles. The highest BCUT2D eigenvalue weighted by Gasteiger charge is 2.50. The van der Waals surface area contributed by atoms with Gasteiger partial charge in [0.05, 0.1) is 12.0 Å². The van der Waals surface area contributed by atoms with Crippen LogP contribution in [0.1, 0.15) is 37.7 Å². The van der Waals surface area contributed by atoms with Gasteiger partial charge in [-0.05, 0) is 74.1 Å².